The van der Waals surface area contributed by atoms with E-state index in [1.54, 1.807) is 18.2 Å². The van der Waals surface area contributed by atoms with Gasteiger partial charge in [0.05, 0.1) is 18.2 Å². The third kappa shape index (κ3) is 7.53. The molecule has 1 fully saturated rings. The second-order valence-corrected chi connectivity index (χ2v) is 10.1. The number of hydrogen-bond acceptors (Lipinski definition) is 6. The maximum Gasteiger partial charge on any atom is 0.241 e. The Hall–Kier alpha value is -1.95. The SMILES string of the molecule is NS(=O)(=O)c1cc(Cl)c(Oc2ccc(Cl)cc2CCCNCCC(=O)N2CCOCC2)cc1F. The van der Waals surface area contributed by atoms with Crippen molar-refractivity contribution >= 4 is 39.1 Å². The largest absolute Gasteiger partial charge is 0.455 e. The molecule has 8 nitrogen and oxygen atoms in total. The molecule has 3 N–H and O–H groups in total. The first kappa shape index (κ1) is 26.7. The molecule has 0 saturated carbocycles. The van der Waals surface area contributed by atoms with Gasteiger partial charge in [0, 0.05) is 37.1 Å². The molecule has 1 heterocycles. The van der Waals surface area contributed by atoms with Gasteiger partial charge < -0.3 is 19.7 Å². The van der Waals surface area contributed by atoms with E-state index in [1.807, 2.05) is 4.90 Å². The normalized spacial score (nSPS) is 14.3. The number of sulfonamides is 1. The molecule has 1 aliphatic rings. The molecular weight excluding hydrogens is 508 g/mol. The Balaban J connectivity index is 1.55. The molecule has 2 aromatic carbocycles. The lowest BCUT2D eigenvalue weighted by Crippen LogP contribution is -2.41. The smallest absolute Gasteiger partial charge is 0.241 e. The first-order chi connectivity index (χ1) is 16.1. The minimum atomic E-state index is -4.26. The van der Waals surface area contributed by atoms with E-state index >= 15 is 0 Å². The van der Waals surface area contributed by atoms with Crippen LogP contribution in [0.1, 0.15) is 18.4 Å². The summed E-state index contributed by atoms with van der Waals surface area (Å²) in [6, 6.07) is 6.79. The van der Waals surface area contributed by atoms with Gasteiger partial charge in [-0.15, -0.1) is 0 Å². The quantitative estimate of drug-likeness (QED) is 0.453. The Kier molecular flexibility index (Phi) is 9.52. The van der Waals surface area contributed by atoms with E-state index in [4.69, 9.17) is 37.8 Å². The molecule has 0 unspecified atom stereocenters. The summed E-state index contributed by atoms with van der Waals surface area (Å²) >= 11 is 12.2. The van der Waals surface area contributed by atoms with Crippen molar-refractivity contribution in [3.8, 4) is 11.5 Å². The van der Waals surface area contributed by atoms with E-state index in [-0.39, 0.29) is 16.7 Å². The van der Waals surface area contributed by atoms with Crippen LogP contribution in [0.2, 0.25) is 10.0 Å². The second-order valence-electron chi connectivity index (χ2n) is 7.71. The predicted octanol–water partition coefficient (Wildman–Crippen LogP) is 3.34. The third-order valence-electron chi connectivity index (χ3n) is 5.21. The lowest BCUT2D eigenvalue weighted by atomic mass is 10.1. The Labute approximate surface area is 208 Å². The number of carbonyl (C=O) groups is 1. The maximum atomic E-state index is 14.2. The number of nitrogens with one attached hydrogen (secondary N) is 1. The summed E-state index contributed by atoms with van der Waals surface area (Å²) < 4.78 is 48.2. The van der Waals surface area contributed by atoms with Crippen LogP contribution in [0.3, 0.4) is 0 Å². The van der Waals surface area contributed by atoms with Gasteiger partial charge in [0.2, 0.25) is 15.9 Å². The van der Waals surface area contributed by atoms with Crippen molar-refractivity contribution < 1.29 is 27.1 Å². The Morgan fingerprint density at radius 1 is 1.15 bits per heavy atom. The molecule has 0 bridgehead atoms. The lowest BCUT2D eigenvalue weighted by molar-refractivity contribution is -0.135. The van der Waals surface area contributed by atoms with Crippen molar-refractivity contribution in [1.29, 1.82) is 0 Å². The molecule has 0 atom stereocenters. The maximum absolute atomic E-state index is 14.2. The van der Waals surface area contributed by atoms with Crippen LogP contribution in [-0.4, -0.2) is 58.6 Å². The van der Waals surface area contributed by atoms with E-state index in [1.165, 1.54) is 0 Å². The Bertz CT molecular complexity index is 1130. The van der Waals surface area contributed by atoms with Gasteiger partial charge >= 0.3 is 0 Å². The van der Waals surface area contributed by atoms with Gasteiger partial charge in [0.25, 0.3) is 0 Å². The first-order valence-electron chi connectivity index (χ1n) is 10.7. The number of morpholine rings is 1. The summed E-state index contributed by atoms with van der Waals surface area (Å²) in [5, 5.41) is 8.66. The van der Waals surface area contributed by atoms with Gasteiger partial charge in [0.1, 0.15) is 22.2 Å². The minimum absolute atomic E-state index is 0.0464. The van der Waals surface area contributed by atoms with Crippen LogP contribution in [0.5, 0.6) is 11.5 Å². The van der Waals surface area contributed by atoms with Crippen LogP contribution in [0.25, 0.3) is 0 Å². The molecule has 3 rings (SSSR count). The van der Waals surface area contributed by atoms with Crippen molar-refractivity contribution in [1.82, 2.24) is 10.2 Å². The number of carbonyl (C=O) groups excluding carboxylic acids is 1. The predicted molar refractivity (Wildman–Crippen MR) is 128 cm³/mol. The van der Waals surface area contributed by atoms with Crippen LogP contribution in [0.4, 0.5) is 4.39 Å². The van der Waals surface area contributed by atoms with Crippen molar-refractivity contribution in [3.05, 3.63) is 51.8 Å². The van der Waals surface area contributed by atoms with Gasteiger partial charge in [0.15, 0.2) is 0 Å². The van der Waals surface area contributed by atoms with Crippen molar-refractivity contribution in [2.75, 3.05) is 39.4 Å². The summed E-state index contributed by atoms with van der Waals surface area (Å²) in [6.07, 6.45) is 1.74. The number of benzene rings is 2. The Morgan fingerprint density at radius 3 is 2.59 bits per heavy atom. The van der Waals surface area contributed by atoms with Gasteiger partial charge in [-0.3, -0.25) is 4.79 Å². The fourth-order valence-corrected chi connectivity index (χ4v) is 4.54. The fraction of sp³-hybridized carbons (Fsp3) is 0.409. The summed E-state index contributed by atoms with van der Waals surface area (Å²) in [5.74, 6) is -0.585. The molecule has 2 aromatic rings. The highest BCUT2D eigenvalue weighted by atomic mass is 35.5. The highest BCUT2D eigenvalue weighted by Gasteiger charge is 2.19. The molecule has 0 spiro atoms. The fourth-order valence-electron chi connectivity index (χ4n) is 3.46. The molecule has 186 valence electrons. The van der Waals surface area contributed by atoms with Crippen LogP contribution in [-0.2, 0) is 26.0 Å². The molecule has 0 aromatic heterocycles. The molecule has 1 aliphatic heterocycles. The lowest BCUT2D eigenvalue weighted by Gasteiger charge is -2.26. The third-order valence-corrected chi connectivity index (χ3v) is 6.67. The monoisotopic (exact) mass is 533 g/mol. The first-order valence-corrected chi connectivity index (χ1v) is 13.0. The molecule has 1 amide bonds. The number of rotatable bonds is 10. The van der Waals surface area contributed by atoms with Crippen LogP contribution < -0.4 is 15.2 Å². The zero-order valence-electron chi connectivity index (χ0n) is 18.4. The Morgan fingerprint density at radius 2 is 1.88 bits per heavy atom. The zero-order valence-corrected chi connectivity index (χ0v) is 20.7. The zero-order chi connectivity index (χ0) is 24.7. The highest BCUT2D eigenvalue weighted by molar-refractivity contribution is 7.89. The van der Waals surface area contributed by atoms with Gasteiger partial charge in [-0.05, 0) is 49.2 Å². The summed E-state index contributed by atoms with van der Waals surface area (Å²) in [7, 11) is -4.26. The standard InChI is InChI=1S/C22H26Cl2FN3O5S/c23-16-3-4-19(33-20-14-18(25)21(13-17(20)24)34(26,30)31)15(12-16)2-1-6-27-7-5-22(29)28-8-10-32-11-9-28/h3-4,12-14,27H,1-2,5-11H2,(H2,26,30,31). The van der Waals surface area contributed by atoms with Crippen molar-refractivity contribution in [2.24, 2.45) is 5.14 Å². The molecule has 1 saturated heterocycles. The van der Waals surface area contributed by atoms with Gasteiger partial charge in [-0.2, -0.15) is 0 Å². The van der Waals surface area contributed by atoms with E-state index < -0.39 is 20.7 Å². The molecular formula is C22H26Cl2FN3O5S. The highest BCUT2D eigenvalue weighted by Crippen LogP contribution is 2.35. The van der Waals surface area contributed by atoms with Crippen LogP contribution in [0.15, 0.2) is 35.2 Å². The number of nitrogens with two attached hydrogens (primary N) is 1. The number of nitrogens with zero attached hydrogens (tertiary/aromatic N) is 1. The van der Waals surface area contributed by atoms with E-state index in [9.17, 15) is 17.6 Å². The number of amides is 1. The van der Waals surface area contributed by atoms with Gasteiger partial charge in [-0.1, -0.05) is 23.2 Å². The van der Waals surface area contributed by atoms with E-state index in [0.29, 0.717) is 63.0 Å². The number of ether oxygens (including phenoxy) is 2. The van der Waals surface area contributed by atoms with Crippen molar-refractivity contribution in [3.63, 3.8) is 0 Å². The summed E-state index contributed by atoms with van der Waals surface area (Å²) in [6.45, 7) is 3.67. The number of primary sulfonamides is 1. The molecule has 0 aliphatic carbocycles. The topological polar surface area (TPSA) is 111 Å². The van der Waals surface area contributed by atoms with E-state index in [0.717, 1.165) is 24.1 Å². The van der Waals surface area contributed by atoms with Crippen molar-refractivity contribution in [2.45, 2.75) is 24.2 Å². The van der Waals surface area contributed by atoms with Gasteiger partial charge in [-0.25, -0.2) is 17.9 Å². The average molecular weight is 534 g/mol. The molecule has 34 heavy (non-hydrogen) atoms. The molecule has 0 radical (unpaired) electrons. The molecule has 12 heteroatoms. The second kappa shape index (κ2) is 12.1. The summed E-state index contributed by atoms with van der Waals surface area (Å²) in [5.41, 5.74) is 0.769. The van der Waals surface area contributed by atoms with E-state index in [2.05, 4.69) is 5.32 Å². The number of halogens is 3. The average Bonchev–Trinajstić information content (AvgIpc) is 2.79. The number of aryl methyl sites for hydroxylation is 1. The van der Waals surface area contributed by atoms with Crippen LogP contribution >= 0.6 is 23.2 Å². The van der Waals surface area contributed by atoms with Crippen LogP contribution in [0, 0.1) is 5.82 Å². The summed E-state index contributed by atoms with van der Waals surface area (Å²) in [4.78, 5) is 13.3. The minimum Gasteiger partial charge on any atom is -0.455 e. The number of hydrogen-bond donors (Lipinski definition) is 2.